The number of aryl methyl sites for hydroxylation is 1. The molecule has 0 saturated heterocycles. The van der Waals surface area contributed by atoms with Crippen molar-refractivity contribution < 1.29 is 19.4 Å². The molecular formula is C23H21N3O4. The highest BCUT2D eigenvalue weighted by molar-refractivity contribution is 5.91. The summed E-state index contributed by atoms with van der Waals surface area (Å²) in [4.78, 5) is 22.9. The zero-order valence-electron chi connectivity index (χ0n) is 16.3. The molecule has 0 atom stereocenters. The second-order valence-electron chi connectivity index (χ2n) is 6.52. The van der Waals surface area contributed by atoms with Crippen molar-refractivity contribution >= 4 is 23.9 Å². The molecule has 0 saturated carbocycles. The largest absolute Gasteiger partial charge is 0.488 e. The molecule has 0 unspecified atom stereocenters. The van der Waals surface area contributed by atoms with Crippen LogP contribution in [0.4, 0.5) is 10.5 Å². The Morgan fingerprint density at radius 1 is 1.00 bits per heavy atom. The molecule has 3 aromatic carbocycles. The SMILES string of the molecule is Cc1ccc(NC(=O)NN=Cc2ccccc2OCc2ccc(C(=O)O)cc2)cc1. The van der Waals surface area contributed by atoms with Crippen LogP contribution in [0.3, 0.4) is 0 Å². The number of carbonyl (C=O) groups is 2. The van der Waals surface area contributed by atoms with Crippen LogP contribution in [0, 0.1) is 6.92 Å². The Bertz CT molecular complexity index is 1040. The fourth-order valence-corrected chi connectivity index (χ4v) is 2.58. The number of anilines is 1. The molecule has 0 spiro atoms. The fraction of sp³-hybridized carbons (Fsp3) is 0.0870. The van der Waals surface area contributed by atoms with Gasteiger partial charge in [-0.2, -0.15) is 5.10 Å². The minimum absolute atomic E-state index is 0.223. The molecule has 7 nitrogen and oxygen atoms in total. The minimum atomic E-state index is -0.969. The first-order valence-corrected chi connectivity index (χ1v) is 9.22. The van der Waals surface area contributed by atoms with Crippen molar-refractivity contribution in [1.82, 2.24) is 5.43 Å². The number of urea groups is 1. The highest BCUT2D eigenvalue weighted by Crippen LogP contribution is 2.18. The summed E-state index contributed by atoms with van der Waals surface area (Å²) < 4.78 is 5.82. The van der Waals surface area contributed by atoms with E-state index in [0.717, 1.165) is 11.1 Å². The molecule has 30 heavy (non-hydrogen) atoms. The lowest BCUT2D eigenvalue weighted by Crippen LogP contribution is -2.24. The van der Waals surface area contributed by atoms with Crippen molar-refractivity contribution in [3.63, 3.8) is 0 Å². The van der Waals surface area contributed by atoms with Crippen LogP contribution in [-0.4, -0.2) is 23.3 Å². The van der Waals surface area contributed by atoms with E-state index in [1.54, 1.807) is 18.2 Å². The van der Waals surface area contributed by atoms with Gasteiger partial charge in [-0.15, -0.1) is 0 Å². The molecule has 3 N–H and O–H groups in total. The number of carboxylic acids is 1. The van der Waals surface area contributed by atoms with Crippen LogP contribution < -0.4 is 15.5 Å². The van der Waals surface area contributed by atoms with Gasteiger partial charge in [0.1, 0.15) is 12.4 Å². The van der Waals surface area contributed by atoms with Crippen LogP contribution in [0.15, 0.2) is 77.9 Å². The predicted octanol–water partition coefficient (Wildman–Crippen LogP) is 4.43. The van der Waals surface area contributed by atoms with Gasteiger partial charge in [-0.25, -0.2) is 15.0 Å². The molecule has 0 bridgehead atoms. The van der Waals surface area contributed by atoms with E-state index in [1.807, 2.05) is 49.4 Å². The molecule has 0 aliphatic rings. The van der Waals surface area contributed by atoms with Crippen molar-refractivity contribution in [3.8, 4) is 5.75 Å². The van der Waals surface area contributed by atoms with Gasteiger partial charge in [0.25, 0.3) is 0 Å². The molecule has 0 fully saturated rings. The fourth-order valence-electron chi connectivity index (χ4n) is 2.58. The average molecular weight is 403 g/mol. The normalized spacial score (nSPS) is 10.6. The molecule has 0 aliphatic heterocycles. The number of hydrazone groups is 1. The predicted molar refractivity (Wildman–Crippen MR) is 115 cm³/mol. The highest BCUT2D eigenvalue weighted by atomic mass is 16.5. The number of nitrogens with one attached hydrogen (secondary N) is 2. The van der Waals surface area contributed by atoms with Gasteiger partial charge in [0.05, 0.1) is 11.8 Å². The number of amides is 2. The minimum Gasteiger partial charge on any atom is -0.488 e. The third kappa shape index (κ3) is 5.93. The maximum Gasteiger partial charge on any atom is 0.339 e. The van der Waals surface area contributed by atoms with E-state index in [0.29, 0.717) is 17.0 Å². The first-order valence-electron chi connectivity index (χ1n) is 9.22. The molecule has 0 aliphatic carbocycles. The molecule has 0 aromatic heterocycles. The van der Waals surface area contributed by atoms with Crippen molar-refractivity contribution in [2.24, 2.45) is 5.10 Å². The van der Waals surface area contributed by atoms with Gasteiger partial charge in [0, 0.05) is 11.3 Å². The maximum absolute atomic E-state index is 11.9. The lowest BCUT2D eigenvalue weighted by molar-refractivity contribution is 0.0697. The van der Waals surface area contributed by atoms with Gasteiger partial charge in [0.2, 0.25) is 0 Å². The number of hydrogen-bond acceptors (Lipinski definition) is 4. The average Bonchev–Trinajstić information content (AvgIpc) is 2.75. The number of nitrogens with zero attached hydrogens (tertiary/aromatic N) is 1. The Labute approximate surface area is 174 Å². The number of benzene rings is 3. The Morgan fingerprint density at radius 2 is 1.70 bits per heavy atom. The van der Waals surface area contributed by atoms with E-state index in [-0.39, 0.29) is 12.2 Å². The molecule has 3 aromatic rings. The van der Waals surface area contributed by atoms with Crippen molar-refractivity contribution in [2.75, 3.05) is 5.32 Å². The number of ether oxygens (including phenoxy) is 1. The summed E-state index contributed by atoms with van der Waals surface area (Å²) in [6.45, 7) is 2.24. The van der Waals surface area contributed by atoms with Gasteiger partial charge >= 0.3 is 12.0 Å². The van der Waals surface area contributed by atoms with Gasteiger partial charge in [-0.1, -0.05) is 42.0 Å². The first kappa shape index (κ1) is 20.6. The third-order valence-corrected chi connectivity index (χ3v) is 4.19. The second-order valence-corrected chi connectivity index (χ2v) is 6.52. The van der Waals surface area contributed by atoms with Gasteiger partial charge in [0.15, 0.2) is 0 Å². The molecule has 0 heterocycles. The Kier molecular flexibility index (Phi) is 6.78. The number of para-hydroxylation sites is 1. The summed E-state index contributed by atoms with van der Waals surface area (Å²) in [6.07, 6.45) is 1.50. The quantitative estimate of drug-likeness (QED) is 0.401. The molecular weight excluding hydrogens is 382 g/mol. The molecule has 3 rings (SSSR count). The standard InChI is InChI=1S/C23H21N3O4/c1-16-6-12-20(13-7-16)25-23(29)26-24-14-19-4-2-3-5-21(19)30-15-17-8-10-18(11-9-17)22(27)28/h2-14H,15H2,1H3,(H,27,28)(H2,25,26,29). The van der Waals surface area contributed by atoms with Gasteiger partial charge in [-0.3, -0.25) is 0 Å². The smallest absolute Gasteiger partial charge is 0.339 e. The highest BCUT2D eigenvalue weighted by Gasteiger charge is 2.05. The Morgan fingerprint density at radius 3 is 2.40 bits per heavy atom. The lowest BCUT2D eigenvalue weighted by atomic mass is 10.1. The topological polar surface area (TPSA) is 100 Å². The van der Waals surface area contributed by atoms with Crippen LogP contribution in [0.1, 0.15) is 27.0 Å². The first-order chi connectivity index (χ1) is 14.5. The molecule has 2 amide bonds. The van der Waals surface area contributed by atoms with E-state index in [1.165, 1.54) is 18.3 Å². The number of aromatic carboxylic acids is 1. The summed E-state index contributed by atoms with van der Waals surface area (Å²) in [5.41, 5.74) is 5.95. The van der Waals surface area contributed by atoms with Crippen LogP contribution in [0.25, 0.3) is 0 Å². The number of rotatable bonds is 7. The van der Waals surface area contributed by atoms with Crippen LogP contribution in [-0.2, 0) is 6.61 Å². The monoisotopic (exact) mass is 403 g/mol. The van der Waals surface area contributed by atoms with Crippen molar-refractivity contribution in [3.05, 3.63) is 95.1 Å². The number of hydrogen-bond donors (Lipinski definition) is 3. The second kappa shape index (κ2) is 9.88. The molecule has 152 valence electrons. The van der Waals surface area contributed by atoms with Crippen LogP contribution >= 0.6 is 0 Å². The van der Waals surface area contributed by atoms with E-state index in [2.05, 4.69) is 15.8 Å². The number of carboxylic acid groups (broad SMARTS) is 1. The third-order valence-electron chi connectivity index (χ3n) is 4.19. The summed E-state index contributed by atoms with van der Waals surface area (Å²) in [7, 11) is 0. The zero-order chi connectivity index (χ0) is 21.3. The van der Waals surface area contributed by atoms with E-state index in [4.69, 9.17) is 9.84 Å². The Hall–Kier alpha value is -4.13. The van der Waals surface area contributed by atoms with Crippen LogP contribution in [0.2, 0.25) is 0 Å². The van der Waals surface area contributed by atoms with Crippen molar-refractivity contribution in [2.45, 2.75) is 13.5 Å². The van der Waals surface area contributed by atoms with E-state index in [9.17, 15) is 9.59 Å². The maximum atomic E-state index is 11.9. The van der Waals surface area contributed by atoms with Crippen LogP contribution in [0.5, 0.6) is 5.75 Å². The molecule has 0 radical (unpaired) electrons. The lowest BCUT2D eigenvalue weighted by Gasteiger charge is -2.09. The summed E-state index contributed by atoms with van der Waals surface area (Å²) in [5.74, 6) is -0.382. The van der Waals surface area contributed by atoms with Crippen molar-refractivity contribution in [1.29, 1.82) is 0 Å². The van der Waals surface area contributed by atoms with E-state index >= 15 is 0 Å². The molecule has 7 heteroatoms. The summed E-state index contributed by atoms with van der Waals surface area (Å²) in [5, 5.41) is 15.6. The van der Waals surface area contributed by atoms with Gasteiger partial charge in [-0.05, 0) is 48.9 Å². The Balaban J connectivity index is 1.57. The number of carbonyl (C=O) groups excluding carboxylic acids is 1. The summed E-state index contributed by atoms with van der Waals surface area (Å²) >= 11 is 0. The van der Waals surface area contributed by atoms with Gasteiger partial charge < -0.3 is 15.2 Å². The zero-order valence-corrected chi connectivity index (χ0v) is 16.3. The summed E-state index contributed by atoms with van der Waals surface area (Å²) in [6, 6.07) is 20.7. The van der Waals surface area contributed by atoms with E-state index < -0.39 is 12.0 Å².